The van der Waals surface area contributed by atoms with Crippen molar-refractivity contribution >= 4 is 22.6 Å². The predicted molar refractivity (Wildman–Crippen MR) is 80.4 cm³/mol. The fraction of sp³-hybridized carbons (Fsp3) is 0.562. The van der Waals surface area contributed by atoms with Crippen molar-refractivity contribution in [3.63, 3.8) is 0 Å². The Morgan fingerprint density at radius 3 is 2.75 bits per heavy atom. The second kappa shape index (κ2) is 5.36. The van der Waals surface area contributed by atoms with E-state index in [1.54, 1.807) is 6.07 Å². The summed E-state index contributed by atoms with van der Waals surface area (Å²) in [6, 6.07) is 5.14. The van der Waals surface area contributed by atoms with E-state index in [2.05, 4.69) is 16.5 Å². The molecule has 4 heteroatoms. The zero-order chi connectivity index (χ0) is 14.2. The molecule has 0 spiro atoms. The molecule has 0 N–H and O–H groups in total. The fourth-order valence-electron chi connectivity index (χ4n) is 3.38. The monoisotopic (exact) mass is 294 g/mol. The van der Waals surface area contributed by atoms with E-state index in [0.717, 1.165) is 17.9 Å². The summed E-state index contributed by atoms with van der Waals surface area (Å²) in [7, 11) is 0. The summed E-state index contributed by atoms with van der Waals surface area (Å²) in [5.41, 5.74) is 1.59. The Hall–Kier alpha value is -1.09. The average Bonchev–Trinajstić information content (AvgIpc) is 2.79. The first-order valence-corrected chi connectivity index (χ1v) is 7.86. The quantitative estimate of drug-likeness (QED) is 0.737. The lowest BCUT2D eigenvalue weighted by Crippen LogP contribution is -2.26. The normalized spacial score (nSPS) is 18.6. The van der Waals surface area contributed by atoms with Crippen molar-refractivity contribution in [3.05, 3.63) is 29.8 Å². The summed E-state index contributed by atoms with van der Waals surface area (Å²) in [6.07, 6.45) is 6.35. The van der Waals surface area contributed by atoms with Crippen LogP contribution in [0.1, 0.15) is 44.9 Å². The molecular formula is C16H20ClFN2. The first kappa shape index (κ1) is 13.9. The third-order valence-electron chi connectivity index (χ3n) is 4.53. The lowest BCUT2D eigenvalue weighted by atomic mass is 9.75. The topological polar surface area (TPSA) is 17.8 Å². The molecule has 1 aromatic carbocycles. The van der Waals surface area contributed by atoms with Gasteiger partial charge in [-0.3, -0.25) is 0 Å². The molecule has 1 aromatic heterocycles. The molecule has 20 heavy (non-hydrogen) atoms. The standard InChI is InChI=1S/C16H20ClFN2/c1-16(8-3-2-4-9-16)11-20-13-7-5-6-12(18)15(13)19-14(20)10-17/h5-7H,2-4,8-11H2,1H3. The van der Waals surface area contributed by atoms with Gasteiger partial charge in [-0.25, -0.2) is 9.37 Å². The van der Waals surface area contributed by atoms with Crippen molar-refractivity contribution in [3.8, 4) is 0 Å². The van der Waals surface area contributed by atoms with Crippen molar-refractivity contribution in [2.24, 2.45) is 5.41 Å². The summed E-state index contributed by atoms with van der Waals surface area (Å²) in [5, 5.41) is 0. The first-order valence-electron chi connectivity index (χ1n) is 7.33. The Morgan fingerprint density at radius 2 is 2.05 bits per heavy atom. The molecule has 2 nitrogen and oxygen atoms in total. The van der Waals surface area contributed by atoms with Gasteiger partial charge in [0.05, 0.1) is 11.4 Å². The van der Waals surface area contributed by atoms with Crippen molar-refractivity contribution < 1.29 is 4.39 Å². The summed E-state index contributed by atoms with van der Waals surface area (Å²) in [4.78, 5) is 4.38. The number of imidazole rings is 1. The third-order valence-corrected chi connectivity index (χ3v) is 4.77. The minimum atomic E-state index is -0.263. The van der Waals surface area contributed by atoms with Gasteiger partial charge in [-0.1, -0.05) is 32.3 Å². The van der Waals surface area contributed by atoms with Crippen molar-refractivity contribution in [1.29, 1.82) is 0 Å². The summed E-state index contributed by atoms with van der Waals surface area (Å²) in [6.45, 7) is 3.21. The van der Waals surface area contributed by atoms with E-state index in [9.17, 15) is 4.39 Å². The van der Waals surface area contributed by atoms with Gasteiger partial charge in [0.2, 0.25) is 0 Å². The first-order chi connectivity index (χ1) is 9.63. The second-order valence-electron chi connectivity index (χ2n) is 6.23. The van der Waals surface area contributed by atoms with E-state index < -0.39 is 0 Å². The number of hydrogen-bond acceptors (Lipinski definition) is 1. The van der Waals surface area contributed by atoms with Gasteiger partial charge >= 0.3 is 0 Å². The zero-order valence-corrected chi connectivity index (χ0v) is 12.6. The highest BCUT2D eigenvalue weighted by atomic mass is 35.5. The summed E-state index contributed by atoms with van der Waals surface area (Å²) < 4.78 is 16.0. The smallest absolute Gasteiger partial charge is 0.151 e. The van der Waals surface area contributed by atoms with Crippen LogP contribution in [0.5, 0.6) is 0 Å². The molecule has 0 unspecified atom stereocenters. The molecule has 0 radical (unpaired) electrons. The van der Waals surface area contributed by atoms with E-state index in [1.807, 2.05) is 6.07 Å². The molecule has 108 valence electrons. The largest absolute Gasteiger partial charge is 0.326 e. The number of rotatable bonds is 3. The van der Waals surface area contributed by atoms with Crippen molar-refractivity contribution in [2.45, 2.75) is 51.5 Å². The molecule has 3 rings (SSSR count). The number of fused-ring (bicyclic) bond motifs is 1. The highest BCUT2D eigenvalue weighted by Crippen LogP contribution is 2.38. The molecule has 0 atom stereocenters. The Labute approximate surface area is 123 Å². The SMILES string of the molecule is CC1(Cn2c(CCl)nc3c(F)cccc32)CCCCC1. The molecule has 0 saturated heterocycles. The fourth-order valence-corrected chi connectivity index (χ4v) is 3.59. The van der Waals surface area contributed by atoms with Crippen molar-refractivity contribution in [2.75, 3.05) is 0 Å². The van der Waals surface area contributed by atoms with Crippen LogP contribution < -0.4 is 0 Å². The lowest BCUT2D eigenvalue weighted by Gasteiger charge is -2.34. The van der Waals surface area contributed by atoms with Crippen LogP contribution in [0.4, 0.5) is 4.39 Å². The number of benzene rings is 1. The van der Waals surface area contributed by atoms with E-state index in [0.29, 0.717) is 11.4 Å². The molecule has 1 aliphatic rings. The Bertz CT molecular complexity index is 614. The van der Waals surface area contributed by atoms with Gasteiger partial charge in [0.1, 0.15) is 11.3 Å². The minimum absolute atomic E-state index is 0.263. The molecule has 2 aromatic rings. The van der Waals surface area contributed by atoms with E-state index >= 15 is 0 Å². The lowest BCUT2D eigenvalue weighted by molar-refractivity contribution is 0.184. The van der Waals surface area contributed by atoms with Crippen LogP contribution >= 0.6 is 11.6 Å². The number of halogens is 2. The Balaban J connectivity index is 2.03. The van der Waals surface area contributed by atoms with Gasteiger partial charge < -0.3 is 4.57 Å². The molecule has 0 bridgehead atoms. The molecule has 1 aliphatic carbocycles. The van der Waals surface area contributed by atoms with E-state index in [4.69, 9.17) is 11.6 Å². The third kappa shape index (κ3) is 2.44. The van der Waals surface area contributed by atoms with Crippen LogP contribution in [0.3, 0.4) is 0 Å². The molecule has 1 fully saturated rings. The van der Waals surface area contributed by atoms with E-state index in [-0.39, 0.29) is 11.2 Å². The summed E-state index contributed by atoms with van der Waals surface area (Å²) >= 11 is 6.01. The van der Waals surface area contributed by atoms with Crippen LogP contribution in [0.25, 0.3) is 11.0 Å². The van der Waals surface area contributed by atoms with Gasteiger partial charge in [0.15, 0.2) is 5.82 Å². The van der Waals surface area contributed by atoms with E-state index in [1.165, 1.54) is 38.2 Å². The van der Waals surface area contributed by atoms with Crippen LogP contribution in [-0.4, -0.2) is 9.55 Å². The molecular weight excluding hydrogens is 275 g/mol. The number of nitrogens with zero attached hydrogens (tertiary/aromatic N) is 2. The van der Waals surface area contributed by atoms with Gasteiger partial charge in [0, 0.05) is 6.54 Å². The Kier molecular flexibility index (Phi) is 3.72. The molecule has 1 saturated carbocycles. The van der Waals surface area contributed by atoms with Gasteiger partial charge in [-0.2, -0.15) is 0 Å². The second-order valence-corrected chi connectivity index (χ2v) is 6.49. The van der Waals surface area contributed by atoms with Gasteiger partial charge in [-0.05, 0) is 30.4 Å². The minimum Gasteiger partial charge on any atom is -0.326 e. The van der Waals surface area contributed by atoms with Crippen LogP contribution in [-0.2, 0) is 12.4 Å². The summed E-state index contributed by atoms with van der Waals surface area (Å²) in [5.74, 6) is 0.837. The highest BCUT2D eigenvalue weighted by Gasteiger charge is 2.29. The highest BCUT2D eigenvalue weighted by molar-refractivity contribution is 6.16. The number of para-hydroxylation sites is 1. The predicted octanol–water partition coefficient (Wildman–Crippen LogP) is 4.88. The molecule has 0 amide bonds. The molecule has 0 aliphatic heterocycles. The Morgan fingerprint density at radius 1 is 1.30 bits per heavy atom. The zero-order valence-electron chi connectivity index (χ0n) is 11.8. The van der Waals surface area contributed by atoms with Gasteiger partial charge in [-0.15, -0.1) is 11.6 Å². The molecule has 1 heterocycles. The maximum Gasteiger partial charge on any atom is 0.151 e. The number of hydrogen-bond donors (Lipinski definition) is 0. The van der Waals surface area contributed by atoms with Gasteiger partial charge in [0.25, 0.3) is 0 Å². The average molecular weight is 295 g/mol. The van der Waals surface area contributed by atoms with Crippen LogP contribution in [0.2, 0.25) is 0 Å². The maximum atomic E-state index is 13.9. The van der Waals surface area contributed by atoms with Crippen molar-refractivity contribution in [1.82, 2.24) is 9.55 Å². The maximum absolute atomic E-state index is 13.9. The number of alkyl halides is 1. The number of aromatic nitrogens is 2. The van der Waals surface area contributed by atoms with Crippen LogP contribution in [0, 0.1) is 11.2 Å². The van der Waals surface area contributed by atoms with Crippen LogP contribution in [0.15, 0.2) is 18.2 Å².